The van der Waals surface area contributed by atoms with Gasteiger partial charge in [0.1, 0.15) is 34.3 Å². The lowest BCUT2D eigenvalue weighted by molar-refractivity contribution is 0.0899. The fourth-order valence-corrected chi connectivity index (χ4v) is 9.58. The van der Waals surface area contributed by atoms with E-state index < -0.39 is 28.9 Å². The van der Waals surface area contributed by atoms with Gasteiger partial charge in [0.25, 0.3) is 0 Å². The number of hydrogen-bond donors (Lipinski definition) is 4. The molecule has 0 spiro atoms. The number of imidazole rings is 2. The molecule has 0 aliphatic carbocycles. The molecule has 1 atom stereocenters. The van der Waals surface area contributed by atoms with Gasteiger partial charge in [0, 0.05) is 76.5 Å². The second-order valence-electron chi connectivity index (χ2n) is 21.0. The summed E-state index contributed by atoms with van der Waals surface area (Å²) in [5.41, 5.74) is 10.4. The van der Waals surface area contributed by atoms with Crippen molar-refractivity contribution in [2.45, 2.75) is 126 Å². The number of carbonyl (C=O) groups excluding carboxylic acids is 2. The van der Waals surface area contributed by atoms with Gasteiger partial charge in [-0.05, 0) is 89.8 Å². The van der Waals surface area contributed by atoms with E-state index in [2.05, 4.69) is 66.6 Å². The first-order valence-electron chi connectivity index (χ1n) is 25.3. The van der Waals surface area contributed by atoms with Gasteiger partial charge in [0.2, 0.25) is 0 Å². The molecule has 0 bridgehead atoms. The van der Waals surface area contributed by atoms with E-state index in [-0.39, 0.29) is 54.0 Å². The van der Waals surface area contributed by atoms with Crippen LogP contribution in [0.3, 0.4) is 0 Å². The molecule has 0 fully saturated rings. The molecule has 77 heavy (non-hydrogen) atoms. The molecule has 2 aromatic carbocycles. The first-order valence-corrected chi connectivity index (χ1v) is 25.3. The number of aromatic amines is 2. The second-order valence-corrected chi connectivity index (χ2v) is 21.0. The maximum Gasteiger partial charge on any atom is 0.315 e. The number of carbonyl (C=O) groups is 2. The zero-order valence-corrected chi connectivity index (χ0v) is 44.8. The molecule has 0 aliphatic heterocycles. The van der Waals surface area contributed by atoms with E-state index in [0.29, 0.717) is 80.0 Å². The molecule has 22 heteroatoms. The van der Waals surface area contributed by atoms with E-state index in [1.807, 2.05) is 77.7 Å². The number of pyridine rings is 2. The normalized spacial score (nSPS) is 12.5. The Morgan fingerprint density at radius 1 is 0.662 bits per heavy atom. The number of aryl methyl sites for hydroxylation is 2. The Balaban J connectivity index is 0.938. The molecule has 4 N–H and O–H groups in total. The Hall–Kier alpha value is -8.82. The van der Waals surface area contributed by atoms with E-state index in [4.69, 9.17) is 34.2 Å². The smallest absolute Gasteiger partial charge is 0.315 e. The summed E-state index contributed by atoms with van der Waals surface area (Å²) in [4.78, 5) is 60.5. The highest BCUT2D eigenvalue weighted by atomic mass is 19.1. The monoisotopic (exact) mass is 1040 g/mol. The van der Waals surface area contributed by atoms with Crippen molar-refractivity contribution in [3.63, 3.8) is 0 Å². The number of aromatic nitrogens is 14. The Labute approximate surface area is 440 Å². The van der Waals surface area contributed by atoms with Crippen molar-refractivity contribution in [2.24, 2.45) is 0 Å². The molecule has 8 aromatic heterocycles. The van der Waals surface area contributed by atoms with Crippen molar-refractivity contribution >= 4 is 34.1 Å². The summed E-state index contributed by atoms with van der Waals surface area (Å²) >= 11 is 0. The number of nitrogens with one attached hydrogen (secondary N) is 4. The van der Waals surface area contributed by atoms with Crippen molar-refractivity contribution in [1.29, 1.82) is 0 Å². The van der Waals surface area contributed by atoms with Crippen LogP contribution < -0.4 is 10.6 Å². The lowest BCUT2D eigenvalue weighted by Crippen LogP contribution is -2.24. The quantitative estimate of drug-likeness (QED) is 0.0745. The third kappa shape index (κ3) is 9.85. The van der Waals surface area contributed by atoms with Crippen molar-refractivity contribution in [3.05, 3.63) is 129 Å². The number of H-pyrrole nitrogens is 2. The van der Waals surface area contributed by atoms with E-state index in [1.54, 1.807) is 36.7 Å². The lowest BCUT2D eigenvalue weighted by atomic mass is 9.95. The van der Waals surface area contributed by atoms with Gasteiger partial charge in [-0.1, -0.05) is 69.2 Å². The molecule has 0 saturated carbocycles. The third-order valence-electron chi connectivity index (χ3n) is 13.6. The highest BCUT2D eigenvalue weighted by molar-refractivity contribution is 5.95. The van der Waals surface area contributed by atoms with Crippen molar-refractivity contribution in [2.75, 3.05) is 0 Å². The molecule has 2 amide bonds. The van der Waals surface area contributed by atoms with E-state index in [9.17, 15) is 9.59 Å². The van der Waals surface area contributed by atoms with Gasteiger partial charge in [-0.3, -0.25) is 19.0 Å². The van der Waals surface area contributed by atoms with Gasteiger partial charge < -0.3 is 29.6 Å². The minimum Gasteiger partial charge on any atom is -0.344 e. The second kappa shape index (κ2) is 20.0. The Bertz CT molecular complexity index is 3910. The zero-order chi connectivity index (χ0) is 54.8. The van der Waals surface area contributed by atoms with Gasteiger partial charge in [-0.15, -0.1) is 0 Å². The molecular formula is C55H58F2N16O4. The minimum absolute atomic E-state index is 0.0354. The molecule has 1 unspecified atom stereocenters. The van der Waals surface area contributed by atoms with Crippen LogP contribution in [-0.4, -0.2) is 81.6 Å². The Kier molecular flexibility index (Phi) is 13.4. The summed E-state index contributed by atoms with van der Waals surface area (Å²) in [7, 11) is 0. The van der Waals surface area contributed by atoms with E-state index in [0.717, 1.165) is 33.8 Å². The van der Waals surface area contributed by atoms with Crippen LogP contribution in [0.15, 0.2) is 63.9 Å². The number of rotatable bonds is 15. The number of halogens is 2. The van der Waals surface area contributed by atoms with E-state index in [1.165, 1.54) is 12.1 Å². The number of hydrogen-bond acceptors (Lipinski definition) is 14. The predicted octanol–water partition coefficient (Wildman–Crippen LogP) is 10.2. The molecule has 0 saturated heterocycles. The standard InChI is InChI=1S/C55H58F2N16O4/c1-25(2)45-66-52(76-70-45)50(74)60-23-35-16-14-33(21-39(35)57)42-36(24-59-49-44(42)63-47(65-49)40-28(6)68-72(26(3)4)30(40)8)19-27(5)73-31(9)41(29(7)69-73)46-62-43-37(17-18-58-48(43)64-46)32-13-15-34(38(56)20-32)22-61-51(75)53-67-54(71-77-53)55(10,11)12/h13-18,20-21,24-27H,19,22-23H2,1-12H3,(H,60,74)(H,61,75)(H,58,62,64)(H,59,63,65). The first kappa shape index (κ1) is 51.7. The zero-order valence-electron chi connectivity index (χ0n) is 44.8. The van der Waals surface area contributed by atoms with Crippen LogP contribution in [0.25, 0.3) is 67.4 Å². The number of fused-ring (bicyclic) bond motifs is 2. The van der Waals surface area contributed by atoms with Crippen LogP contribution in [-0.2, 0) is 24.9 Å². The molecular weight excluding hydrogens is 987 g/mol. The van der Waals surface area contributed by atoms with E-state index >= 15 is 8.78 Å². The Morgan fingerprint density at radius 3 is 1.79 bits per heavy atom. The topological polar surface area (TPSA) is 255 Å². The minimum atomic E-state index is -0.609. The van der Waals surface area contributed by atoms with Crippen molar-refractivity contribution < 1.29 is 27.4 Å². The predicted molar refractivity (Wildman–Crippen MR) is 282 cm³/mol. The molecule has 0 radical (unpaired) electrons. The van der Waals surface area contributed by atoms with Crippen LogP contribution in [0.2, 0.25) is 0 Å². The van der Waals surface area contributed by atoms with Gasteiger partial charge in [-0.25, -0.2) is 28.7 Å². The number of nitrogens with zero attached hydrogens (tertiary/aromatic N) is 12. The summed E-state index contributed by atoms with van der Waals surface area (Å²) in [5.74, 6) is -0.787. The highest BCUT2D eigenvalue weighted by Crippen LogP contribution is 2.38. The molecule has 20 nitrogen and oxygen atoms in total. The summed E-state index contributed by atoms with van der Waals surface area (Å²) in [5, 5.41) is 22.9. The van der Waals surface area contributed by atoms with Gasteiger partial charge in [0.05, 0.1) is 28.6 Å². The van der Waals surface area contributed by atoms with Gasteiger partial charge in [0.15, 0.2) is 22.9 Å². The fourth-order valence-electron chi connectivity index (χ4n) is 9.58. The van der Waals surface area contributed by atoms with Crippen molar-refractivity contribution in [3.8, 4) is 45.0 Å². The fraction of sp³-hybridized carbons (Fsp3) is 0.345. The first-order chi connectivity index (χ1) is 36.6. The average molecular weight is 1050 g/mol. The summed E-state index contributed by atoms with van der Waals surface area (Å²) in [6, 6.07) is 11.3. The van der Waals surface area contributed by atoms with Gasteiger partial charge in [-0.2, -0.15) is 20.2 Å². The number of benzene rings is 2. The lowest BCUT2D eigenvalue weighted by Gasteiger charge is -2.18. The SMILES string of the molecule is Cc1nn(C(C)C)c(C)c1-c1nc2c(-c3ccc(CNC(=O)c4nc(C(C)C)no4)c(F)c3)c(CC(C)n3nc(C)c(-c4nc5c(-c6ccc(CNC(=O)c7nc(C(C)(C)C)no7)c(F)c6)ccnc5[nH]4)c3C)cnc2[nH]1. The summed E-state index contributed by atoms with van der Waals surface area (Å²) in [6.07, 6.45) is 3.84. The molecule has 10 rings (SSSR count). The van der Waals surface area contributed by atoms with Crippen LogP contribution >= 0.6 is 0 Å². The molecule has 10 aromatic rings. The van der Waals surface area contributed by atoms with Gasteiger partial charge >= 0.3 is 23.6 Å². The maximum absolute atomic E-state index is 16.3. The average Bonchev–Trinajstić information content (AvgIpc) is 4.26. The van der Waals surface area contributed by atoms with Crippen LogP contribution in [0.5, 0.6) is 0 Å². The molecule has 8 heterocycles. The van der Waals surface area contributed by atoms with Crippen LogP contribution in [0, 0.1) is 39.3 Å². The molecule has 396 valence electrons. The maximum atomic E-state index is 16.3. The number of amides is 2. The largest absolute Gasteiger partial charge is 0.344 e. The molecule has 0 aliphatic rings. The highest BCUT2D eigenvalue weighted by Gasteiger charge is 2.28. The van der Waals surface area contributed by atoms with Crippen LogP contribution in [0.4, 0.5) is 8.78 Å². The third-order valence-corrected chi connectivity index (χ3v) is 13.6. The summed E-state index contributed by atoms with van der Waals surface area (Å²) in [6.45, 7) is 23.3. The van der Waals surface area contributed by atoms with Crippen LogP contribution in [0.1, 0.15) is 146 Å². The summed E-state index contributed by atoms with van der Waals surface area (Å²) < 4.78 is 46.2. The van der Waals surface area contributed by atoms with Crippen molar-refractivity contribution in [1.82, 2.24) is 80.4 Å². The Morgan fingerprint density at radius 2 is 1.22 bits per heavy atom.